The third-order valence-electron chi connectivity index (χ3n) is 4.21. The molecule has 1 aliphatic heterocycles. The van der Waals surface area contributed by atoms with E-state index in [4.69, 9.17) is 0 Å². The second-order valence-corrected chi connectivity index (χ2v) is 5.83. The Kier molecular flexibility index (Phi) is 4.22. The van der Waals surface area contributed by atoms with E-state index in [1.165, 1.54) is 0 Å². The summed E-state index contributed by atoms with van der Waals surface area (Å²) in [7, 11) is 0. The first-order valence-corrected chi connectivity index (χ1v) is 7.95. The van der Waals surface area contributed by atoms with E-state index in [1.54, 1.807) is 6.20 Å². The molecule has 3 rings (SSSR count). The van der Waals surface area contributed by atoms with Gasteiger partial charge >= 0.3 is 0 Å². The Morgan fingerprint density at radius 1 is 1.45 bits per heavy atom. The highest BCUT2D eigenvalue weighted by Crippen LogP contribution is 2.32. The summed E-state index contributed by atoms with van der Waals surface area (Å²) in [6.45, 7) is 5.67. The van der Waals surface area contributed by atoms with Crippen molar-refractivity contribution in [3.63, 3.8) is 0 Å². The van der Waals surface area contributed by atoms with E-state index in [2.05, 4.69) is 23.1 Å². The van der Waals surface area contributed by atoms with E-state index >= 15 is 0 Å². The summed E-state index contributed by atoms with van der Waals surface area (Å²) < 4.78 is 1.87. The summed E-state index contributed by atoms with van der Waals surface area (Å²) in [4.78, 5) is 19.1. The third kappa shape index (κ3) is 2.75. The lowest BCUT2D eigenvalue weighted by Crippen LogP contribution is -2.30. The smallest absolute Gasteiger partial charge is 0.257 e. The predicted octanol–water partition coefficient (Wildman–Crippen LogP) is 2.97. The molecule has 1 fully saturated rings. The fraction of sp³-hybridized carbons (Fsp3) is 0.471. The van der Waals surface area contributed by atoms with Gasteiger partial charge in [0.1, 0.15) is 0 Å². The molecule has 0 bridgehead atoms. The van der Waals surface area contributed by atoms with Gasteiger partial charge in [-0.25, -0.2) is 0 Å². The van der Waals surface area contributed by atoms with Crippen molar-refractivity contribution < 1.29 is 4.79 Å². The van der Waals surface area contributed by atoms with E-state index in [-0.39, 0.29) is 11.9 Å². The van der Waals surface area contributed by atoms with Crippen molar-refractivity contribution >= 4 is 5.91 Å². The quantitative estimate of drug-likeness (QED) is 0.872. The minimum Gasteiger partial charge on any atom is -0.331 e. The van der Waals surface area contributed by atoms with Crippen LogP contribution in [0.3, 0.4) is 0 Å². The van der Waals surface area contributed by atoms with E-state index in [0.29, 0.717) is 0 Å². The maximum Gasteiger partial charge on any atom is 0.257 e. The van der Waals surface area contributed by atoms with E-state index in [1.807, 2.05) is 35.0 Å². The van der Waals surface area contributed by atoms with Crippen LogP contribution in [0.1, 0.15) is 53.8 Å². The summed E-state index contributed by atoms with van der Waals surface area (Å²) in [6.07, 6.45) is 8.57. The van der Waals surface area contributed by atoms with Gasteiger partial charge in [0.2, 0.25) is 0 Å². The van der Waals surface area contributed by atoms with Crippen molar-refractivity contribution in [2.45, 2.75) is 45.7 Å². The molecule has 0 aliphatic carbocycles. The molecular weight excluding hydrogens is 276 g/mol. The van der Waals surface area contributed by atoms with E-state index in [0.717, 1.165) is 49.2 Å². The summed E-state index contributed by atoms with van der Waals surface area (Å²) in [5.74, 6) is 0.0891. The van der Waals surface area contributed by atoms with Crippen molar-refractivity contribution in [3.8, 4) is 0 Å². The van der Waals surface area contributed by atoms with Crippen LogP contribution in [0.25, 0.3) is 0 Å². The SMILES string of the molecule is CCCn1cc(C(=O)N2CCC[C@@H]2c2cccnc2)c(C)n1. The van der Waals surface area contributed by atoms with Crippen molar-refractivity contribution in [1.82, 2.24) is 19.7 Å². The molecule has 3 heterocycles. The Morgan fingerprint density at radius 3 is 3.05 bits per heavy atom. The summed E-state index contributed by atoms with van der Waals surface area (Å²) in [6, 6.07) is 4.12. The summed E-state index contributed by atoms with van der Waals surface area (Å²) >= 11 is 0. The first kappa shape index (κ1) is 14.8. The number of pyridine rings is 1. The maximum absolute atomic E-state index is 12.9. The monoisotopic (exact) mass is 298 g/mol. The molecule has 5 heteroatoms. The highest BCUT2D eigenvalue weighted by molar-refractivity contribution is 5.95. The van der Waals surface area contributed by atoms with Crippen LogP contribution in [0.15, 0.2) is 30.7 Å². The summed E-state index contributed by atoms with van der Waals surface area (Å²) in [5, 5.41) is 4.45. The fourth-order valence-corrected chi connectivity index (χ4v) is 3.16. The number of rotatable bonds is 4. The van der Waals surface area contributed by atoms with Crippen LogP contribution in [0.2, 0.25) is 0 Å². The topological polar surface area (TPSA) is 51.0 Å². The number of aromatic nitrogens is 3. The lowest BCUT2D eigenvalue weighted by atomic mass is 10.1. The van der Waals surface area contributed by atoms with Crippen molar-refractivity contribution in [1.29, 1.82) is 0 Å². The van der Waals surface area contributed by atoms with Crippen LogP contribution >= 0.6 is 0 Å². The van der Waals surface area contributed by atoms with Crippen molar-refractivity contribution in [2.24, 2.45) is 0 Å². The first-order valence-electron chi connectivity index (χ1n) is 7.95. The van der Waals surface area contributed by atoms with Crippen LogP contribution in [0, 0.1) is 6.92 Å². The standard InChI is InChI=1S/C17H22N4O/c1-3-9-20-12-15(13(2)19-20)17(22)21-10-5-7-16(21)14-6-4-8-18-11-14/h4,6,8,11-12,16H,3,5,7,9-10H2,1-2H3/t16-/m1/s1. The van der Waals surface area contributed by atoms with Gasteiger partial charge in [-0.1, -0.05) is 13.0 Å². The molecule has 1 amide bonds. The maximum atomic E-state index is 12.9. The minimum absolute atomic E-state index is 0.0891. The molecule has 1 aliphatic rings. The van der Waals surface area contributed by atoms with E-state index in [9.17, 15) is 4.79 Å². The largest absolute Gasteiger partial charge is 0.331 e. The molecule has 1 saturated heterocycles. The third-order valence-corrected chi connectivity index (χ3v) is 4.21. The van der Waals surface area contributed by atoms with Crippen molar-refractivity contribution in [3.05, 3.63) is 47.5 Å². The molecule has 0 N–H and O–H groups in total. The Labute approximate surface area is 131 Å². The predicted molar refractivity (Wildman–Crippen MR) is 84.5 cm³/mol. The number of carbonyl (C=O) groups excluding carboxylic acids is 1. The number of amides is 1. The fourth-order valence-electron chi connectivity index (χ4n) is 3.16. The Hall–Kier alpha value is -2.17. The normalized spacial score (nSPS) is 17.9. The molecule has 116 valence electrons. The van der Waals surface area contributed by atoms with Crippen molar-refractivity contribution in [2.75, 3.05) is 6.54 Å². The number of hydrogen-bond donors (Lipinski definition) is 0. The lowest BCUT2D eigenvalue weighted by Gasteiger charge is -2.24. The Balaban J connectivity index is 1.85. The number of aryl methyl sites for hydroxylation is 2. The second-order valence-electron chi connectivity index (χ2n) is 5.83. The molecule has 0 radical (unpaired) electrons. The zero-order valence-electron chi connectivity index (χ0n) is 13.2. The number of carbonyl (C=O) groups is 1. The van der Waals surface area contributed by atoms with Gasteiger partial charge in [-0.2, -0.15) is 5.10 Å². The molecule has 0 saturated carbocycles. The van der Waals surface area contributed by atoms with Crippen LogP contribution in [-0.2, 0) is 6.54 Å². The molecule has 0 unspecified atom stereocenters. The average Bonchev–Trinajstić information content (AvgIpc) is 3.15. The van der Waals surface area contributed by atoms with Gasteiger partial charge in [0.05, 0.1) is 17.3 Å². The first-order chi connectivity index (χ1) is 10.7. The molecule has 1 atom stereocenters. The number of hydrogen-bond acceptors (Lipinski definition) is 3. The van der Waals surface area contributed by atoms with Crippen LogP contribution in [0.4, 0.5) is 0 Å². The zero-order valence-corrected chi connectivity index (χ0v) is 13.2. The highest BCUT2D eigenvalue weighted by Gasteiger charge is 2.32. The van der Waals surface area contributed by atoms with Gasteiger partial charge in [-0.05, 0) is 37.8 Å². The minimum atomic E-state index is 0.0891. The van der Waals surface area contributed by atoms with Gasteiger partial charge < -0.3 is 4.90 Å². The average molecular weight is 298 g/mol. The van der Waals surface area contributed by atoms with Crippen LogP contribution in [0.5, 0.6) is 0 Å². The van der Waals surface area contributed by atoms with Gasteiger partial charge in [-0.3, -0.25) is 14.5 Å². The van der Waals surface area contributed by atoms with E-state index < -0.39 is 0 Å². The second kappa shape index (κ2) is 6.30. The van der Waals surface area contributed by atoms with Gasteiger partial charge in [0, 0.05) is 31.7 Å². The Morgan fingerprint density at radius 2 is 2.32 bits per heavy atom. The molecule has 5 nitrogen and oxygen atoms in total. The molecule has 0 spiro atoms. The van der Waals surface area contributed by atoms with Gasteiger partial charge in [0.15, 0.2) is 0 Å². The highest BCUT2D eigenvalue weighted by atomic mass is 16.2. The number of nitrogens with zero attached hydrogens (tertiary/aromatic N) is 4. The van der Waals surface area contributed by atoms with Crippen LogP contribution in [-0.4, -0.2) is 32.1 Å². The Bertz CT molecular complexity index is 650. The molecular formula is C17H22N4O. The number of likely N-dealkylation sites (tertiary alicyclic amines) is 1. The molecule has 2 aromatic rings. The lowest BCUT2D eigenvalue weighted by molar-refractivity contribution is 0.0734. The summed E-state index contributed by atoms with van der Waals surface area (Å²) in [5.41, 5.74) is 2.66. The molecule has 2 aromatic heterocycles. The molecule has 0 aromatic carbocycles. The van der Waals surface area contributed by atoms with Gasteiger partial charge in [-0.15, -0.1) is 0 Å². The molecule has 22 heavy (non-hydrogen) atoms. The zero-order chi connectivity index (χ0) is 15.5. The van der Waals surface area contributed by atoms with Crippen LogP contribution < -0.4 is 0 Å². The van der Waals surface area contributed by atoms with Gasteiger partial charge in [0.25, 0.3) is 5.91 Å².